The molecule has 2 aliphatic rings. The van der Waals surface area contributed by atoms with Crippen LogP contribution < -0.4 is 0 Å². The number of esters is 1. The molecule has 0 spiro atoms. The zero-order chi connectivity index (χ0) is 18.3. The molecule has 136 valence electrons. The third kappa shape index (κ3) is 3.06. The van der Waals surface area contributed by atoms with Crippen molar-refractivity contribution >= 4 is 5.97 Å². The van der Waals surface area contributed by atoms with Crippen molar-refractivity contribution in [3.63, 3.8) is 0 Å². The van der Waals surface area contributed by atoms with Crippen molar-refractivity contribution in [2.24, 2.45) is 17.3 Å². The van der Waals surface area contributed by atoms with Crippen molar-refractivity contribution in [3.8, 4) is 0 Å². The van der Waals surface area contributed by atoms with E-state index in [0.717, 1.165) is 5.57 Å². The van der Waals surface area contributed by atoms with Crippen LogP contribution in [0, 0.1) is 17.3 Å². The van der Waals surface area contributed by atoms with E-state index in [1.165, 1.54) is 0 Å². The zero-order valence-corrected chi connectivity index (χ0v) is 15.8. The minimum Gasteiger partial charge on any atom is -0.458 e. The smallest absolute Gasteiger partial charge is 0.333 e. The number of carbonyl (C=O) groups excluding carboxylic acids is 1. The Balaban J connectivity index is 2.46. The molecule has 1 saturated carbocycles. The van der Waals surface area contributed by atoms with Crippen molar-refractivity contribution in [1.82, 2.24) is 0 Å². The lowest BCUT2D eigenvalue weighted by atomic mass is 9.67. The minimum absolute atomic E-state index is 0.0265. The molecule has 0 aliphatic heterocycles. The molecular formula is C20H32O4. The van der Waals surface area contributed by atoms with Gasteiger partial charge < -0.3 is 14.9 Å². The first kappa shape index (κ1) is 19.2. The number of hydrogen-bond acceptors (Lipinski definition) is 4. The highest BCUT2D eigenvalue weighted by molar-refractivity contribution is 5.87. The molecule has 0 aromatic carbocycles. The average Bonchev–Trinajstić information content (AvgIpc) is 2.62. The first-order valence-electron chi connectivity index (χ1n) is 8.96. The lowest BCUT2D eigenvalue weighted by Gasteiger charge is -2.43. The Morgan fingerprint density at radius 1 is 1.46 bits per heavy atom. The van der Waals surface area contributed by atoms with Gasteiger partial charge in [0.25, 0.3) is 0 Å². The molecule has 2 N–H and O–H groups in total. The molecule has 4 heteroatoms. The van der Waals surface area contributed by atoms with Crippen LogP contribution in [0.4, 0.5) is 0 Å². The zero-order valence-electron chi connectivity index (χ0n) is 15.8. The number of carbonyl (C=O) groups is 1. The lowest BCUT2D eigenvalue weighted by Crippen LogP contribution is -2.50. The molecule has 0 heterocycles. The maximum absolute atomic E-state index is 12.4. The van der Waals surface area contributed by atoms with Crippen LogP contribution in [-0.2, 0) is 9.53 Å². The van der Waals surface area contributed by atoms with Gasteiger partial charge in [0.1, 0.15) is 6.10 Å². The molecule has 0 unspecified atom stereocenters. The molecule has 4 nitrogen and oxygen atoms in total. The number of ether oxygens (including phenoxy) is 1. The van der Waals surface area contributed by atoms with Crippen LogP contribution >= 0.6 is 0 Å². The van der Waals surface area contributed by atoms with Crippen molar-refractivity contribution in [2.45, 2.75) is 78.6 Å². The highest BCUT2D eigenvalue weighted by Gasteiger charge is 2.63. The predicted molar refractivity (Wildman–Crippen MR) is 94.3 cm³/mol. The summed E-state index contributed by atoms with van der Waals surface area (Å²) in [5.41, 5.74) is 0.168. The van der Waals surface area contributed by atoms with E-state index in [1.807, 2.05) is 34.6 Å². The van der Waals surface area contributed by atoms with Crippen LogP contribution in [0.3, 0.4) is 0 Å². The molecule has 1 fully saturated rings. The van der Waals surface area contributed by atoms with Crippen molar-refractivity contribution in [3.05, 3.63) is 23.3 Å². The summed E-state index contributed by atoms with van der Waals surface area (Å²) in [7, 11) is 0. The van der Waals surface area contributed by atoms with Crippen molar-refractivity contribution in [1.29, 1.82) is 0 Å². The first-order chi connectivity index (χ1) is 11.1. The molecule has 0 aromatic heterocycles. The highest BCUT2D eigenvalue weighted by atomic mass is 16.5. The summed E-state index contributed by atoms with van der Waals surface area (Å²) in [6.45, 7) is 11.5. The van der Waals surface area contributed by atoms with E-state index in [9.17, 15) is 15.0 Å². The van der Waals surface area contributed by atoms with E-state index in [4.69, 9.17) is 4.74 Å². The average molecular weight is 336 g/mol. The van der Waals surface area contributed by atoms with E-state index >= 15 is 0 Å². The van der Waals surface area contributed by atoms with Gasteiger partial charge in [-0.2, -0.15) is 0 Å². The highest BCUT2D eigenvalue weighted by Crippen LogP contribution is 2.58. The second kappa shape index (κ2) is 6.64. The number of hydrogen-bond donors (Lipinski definition) is 2. The second-order valence-electron chi connectivity index (χ2n) is 8.22. The van der Waals surface area contributed by atoms with E-state index in [2.05, 4.69) is 6.08 Å². The number of aliphatic hydroxyl groups excluding tert-OH is 1. The molecule has 0 radical (unpaired) electrons. The van der Waals surface area contributed by atoms with Gasteiger partial charge in [0, 0.05) is 29.7 Å². The standard InChI is InChI=1S/C20H32O4/c1-7-14(5)18(22)24-15-10-13(4)8-9-19(6)16(21)11-20(23,12(2)3)17(15)19/h7-8,12,15-17,21,23H,9-11H2,1-6H3/b14-7-/t15-,16+,17+,19-,20+/m0/s1. The van der Waals surface area contributed by atoms with Gasteiger partial charge in [-0.15, -0.1) is 0 Å². The quantitative estimate of drug-likeness (QED) is 0.471. The molecule has 5 atom stereocenters. The fourth-order valence-corrected chi connectivity index (χ4v) is 4.42. The van der Waals surface area contributed by atoms with Gasteiger partial charge in [0.15, 0.2) is 0 Å². The van der Waals surface area contributed by atoms with Crippen LogP contribution in [0.25, 0.3) is 0 Å². The number of allylic oxidation sites excluding steroid dienone is 2. The minimum atomic E-state index is -1.04. The summed E-state index contributed by atoms with van der Waals surface area (Å²) >= 11 is 0. The summed E-state index contributed by atoms with van der Waals surface area (Å²) in [6.07, 6.45) is 4.44. The molecule has 0 aromatic rings. The largest absolute Gasteiger partial charge is 0.458 e. The summed E-state index contributed by atoms with van der Waals surface area (Å²) in [6, 6.07) is 0. The Labute approximate surface area is 145 Å². The molecule has 24 heavy (non-hydrogen) atoms. The molecule has 2 rings (SSSR count). The van der Waals surface area contributed by atoms with Crippen LogP contribution in [0.1, 0.15) is 60.8 Å². The van der Waals surface area contributed by atoms with Gasteiger partial charge in [-0.1, -0.05) is 38.5 Å². The van der Waals surface area contributed by atoms with Crippen molar-refractivity contribution < 1.29 is 19.7 Å². The fourth-order valence-electron chi connectivity index (χ4n) is 4.42. The van der Waals surface area contributed by atoms with Gasteiger partial charge in [-0.25, -0.2) is 4.79 Å². The summed E-state index contributed by atoms with van der Waals surface area (Å²) in [5.74, 6) is -0.657. The Morgan fingerprint density at radius 2 is 2.08 bits per heavy atom. The van der Waals surface area contributed by atoms with E-state index in [-0.39, 0.29) is 17.8 Å². The van der Waals surface area contributed by atoms with Crippen molar-refractivity contribution in [2.75, 3.05) is 0 Å². The van der Waals surface area contributed by atoms with Gasteiger partial charge >= 0.3 is 5.97 Å². The van der Waals surface area contributed by atoms with Crippen LogP contribution in [0.15, 0.2) is 23.3 Å². The van der Waals surface area contributed by atoms with Crippen LogP contribution in [0.2, 0.25) is 0 Å². The van der Waals surface area contributed by atoms with E-state index in [1.54, 1.807) is 13.0 Å². The summed E-state index contributed by atoms with van der Waals surface area (Å²) < 4.78 is 5.85. The third-order valence-corrected chi connectivity index (χ3v) is 6.33. The number of aliphatic hydroxyl groups is 2. The number of fused-ring (bicyclic) bond motifs is 1. The fraction of sp³-hybridized carbons (Fsp3) is 0.750. The Morgan fingerprint density at radius 3 is 2.62 bits per heavy atom. The van der Waals surface area contributed by atoms with Gasteiger partial charge in [0.05, 0.1) is 11.7 Å². The molecule has 0 bridgehead atoms. The normalized spacial score (nSPS) is 40.1. The van der Waals surface area contributed by atoms with Gasteiger partial charge in [-0.05, 0) is 33.1 Å². The number of rotatable bonds is 3. The van der Waals surface area contributed by atoms with E-state index < -0.39 is 23.2 Å². The summed E-state index contributed by atoms with van der Waals surface area (Å²) in [5, 5.41) is 22.1. The Bertz CT molecular complexity index is 562. The predicted octanol–water partition coefficient (Wildman–Crippen LogP) is 3.38. The Kier molecular flexibility index (Phi) is 5.31. The lowest BCUT2D eigenvalue weighted by molar-refractivity contribution is -0.162. The maximum atomic E-state index is 12.4. The third-order valence-electron chi connectivity index (χ3n) is 6.33. The SMILES string of the molecule is C/C=C(/C)C(=O)O[C@H]1CC(C)=CC[C@@]2(C)[C@H](O)C[C@@](O)(C(C)C)[C@H]12. The molecule has 2 aliphatic carbocycles. The van der Waals surface area contributed by atoms with Gasteiger partial charge in [0.2, 0.25) is 0 Å². The monoisotopic (exact) mass is 336 g/mol. The maximum Gasteiger partial charge on any atom is 0.333 e. The second-order valence-corrected chi connectivity index (χ2v) is 8.22. The first-order valence-corrected chi connectivity index (χ1v) is 8.96. The van der Waals surface area contributed by atoms with Crippen LogP contribution in [0.5, 0.6) is 0 Å². The van der Waals surface area contributed by atoms with E-state index in [0.29, 0.717) is 24.8 Å². The molecular weight excluding hydrogens is 304 g/mol. The van der Waals surface area contributed by atoms with Gasteiger partial charge in [-0.3, -0.25) is 0 Å². The molecule has 0 saturated heterocycles. The topological polar surface area (TPSA) is 66.8 Å². The summed E-state index contributed by atoms with van der Waals surface area (Å²) in [4.78, 5) is 12.4. The Hall–Kier alpha value is -1.13. The van der Waals surface area contributed by atoms with Crippen LogP contribution in [-0.4, -0.2) is 34.0 Å². The molecule has 0 amide bonds.